The summed E-state index contributed by atoms with van der Waals surface area (Å²) in [6.07, 6.45) is 3.49. The van der Waals surface area contributed by atoms with Crippen molar-refractivity contribution >= 4 is 17.8 Å². The molecule has 0 bridgehead atoms. The highest BCUT2D eigenvalue weighted by molar-refractivity contribution is 5.91. The van der Waals surface area contributed by atoms with Crippen LogP contribution in [0.25, 0.3) is 0 Å². The number of hydrogen-bond donors (Lipinski definition) is 7. The van der Waals surface area contributed by atoms with Crippen molar-refractivity contribution in [1.29, 1.82) is 0 Å². The zero-order valence-corrected chi connectivity index (χ0v) is 17.8. The van der Waals surface area contributed by atoms with E-state index in [1.54, 1.807) is 12.1 Å². The van der Waals surface area contributed by atoms with Gasteiger partial charge in [0.2, 0.25) is 11.8 Å². The molecule has 0 aliphatic rings. The van der Waals surface area contributed by atoms with Gasteiger partial charge in [-0.2, -0.15) is 0 Å². The van der Waals surface area contributed by atoms with Crippen molar-refractivity contribution in [2.45, 2.75) is 63.1 Å². The highest BCUT2D eigenvalue weighted by Gasteiger charge is 2.27. The Bertz CT molecular complexity index is 698. The number of hydrogen-bond acceptors (Lipinski definition) is 7. The van der Waals surface area contributed by atoms with Crippen LogP contribution in [-0.2, 0) is 20.8 Å². The molecule has 0 saturated heterocycles. The number of phenols is 1. The molecule has 174 valence electrons. The Morgan fingerprint density at radius 3 is 1.94 bits per heavy atom. The summed E-state index contributed by atoms with van der Waals surface area (Å²) in [7, 11) is 0. The topological polar surface area (TPSA) is 194 Å². The van der Waals surface area contributed by atoms with Crippen molar-refractivity contribution in [3.05, 3.63) is 29.8 Å². The molecule has 0 aliphatic heterocycles. The second-order valence-corrected chi connectivity index (χ2v) is 7.51. The largest absolute Gasteiger partial charge is 0.508 e. The predicted octanol–water partition coefficient (Wildman–Crippen LogP) is -0.426. The molecule has 0 aliphatic carbocycles. The first-order valence-corrected chi connectivity index (χ1v) is 10.6. The molecule has 31 heavy (non-hydrogen) atoms. The minimum atomic E-state index is -1.20. The molecule has 1 rings (SSSR count). The molecule has 0 aromatic heterocycles. The van der Waals surface area contributed by atoms with E-state index >= 15 is 0 Å². The number of benzene rings is 1. The van der Waals surface area contributed by atoms with Gasteiger partial charge in [0.1, 0.15) is 17.8 Å². The Morgan fingerprint density at radius 1 is 0.839 bits per heavy atom. The van der Waals surface area contributed by atoms with Crippen LogP contribution < -0.4 is 27.8 Å². The molecule has 10 nitrogen and oxygen atoms in total. The number of phenolic OH excluding ortho intramolecular Hbond substituents is 1. The van der Waals surface area contributed by atoms with Crippen molar-refractivity contribution < 1.29 is 24.6 Å². The second-order valence-electron chi connectivity index (χ2n) is 7.51. The Morgan fingerprint density at radius 2 is 1.39 bits per heavy atom. The van der Waals surface area contributed by atoms with E-state index in [0.717, 1.165) is 6.42 Å². The molecule has 10 heteroatoms. The number of aliphatic carboxylic acids is 1. The van der Waals surface area contributed by atoms with Gasteiger partial charge in [-0.15, -0.1) is 0 Å². The number of nitrogens with two attached hydrogens (primary N) is 3. The lowest BCUT2D eigenvalue weighted by molar-refractivity contribution is -0.142. The van der Waals surface area contributed by atoms with Gasteiger partial charge < -0.3 is 38.0 Å². The Balaban J connectivity index is 2.79. The average Bonchev–Trinajstić information content (AvgIpc) is 2.73. The van der Waals surface area contributed by atoms with Crippen molar-refractivity contribution in [1.82, 2.24) is 10.6 Å². The maximum atomic E-state index is 12.8. The molecule has 0 heterocycles. The number of aromatic hydroxyl groups is 1. The third-order valence-electron chi connectivity index (χ3n) is 4.88. The minimum absolute atomic E-state index is 0.0312. The van der Waals surface area contributed by atoms with E-state index in [0.29, 0.717) is 50.8 Å². The van der Waals surface area contributed by atoms with Crippen LogP contribution in [0.3, 0.4) is 0 Å². The van der Waals surface area contributed by atoms with Crippen molar-refractivity contribution in [2.24, 2.45) is 17.2 Å². The second kappa shape index (κ2) is 14.3. The van der Waals surface area contributed by atoms with Gasteiger partial charge >= 0.3 is 5.97 Å². The number of carboxylic acid groups (broad SMARTS) is 1. The van der Waals surface area contributed by atoms with Crippen LogP contribution in [0.1, 0.15) is 44.1 Å². The predicted molar refractivity (Wildman–Crippen MR) is 117 cm³/mol. The number of rotatable bonds is 15. The van der Waals surface area contributed by atoms with Crippen LogP contribution in [-0.4, -0.2) is 59.2 Å². The van der Waals surface area contributed by atoms with Crippen LogP contribution in [0.4, 0.5) is 0 Å². The van der Waals surface area contributed by atoms with Crippen molar-refractivity contribution in [2.75, 3.05) is 13.1 Å². The van der Waals surface area contributed by atoms with E-state index in [1.807, 2.05) is 0 Å². The molecule has 0 spiro atoms. The molecule has 3 atom stereocenters. The standard InChI is InChI=1S/C21H35N5O5/c22-11-3-1-5-16(24)19(28)25-17(6-2-4-12-23)20(29)26-18(21(30)31)13-14-7-9-15(27)10-8-14/h7-10,16-18,27H,1-6,11-13,22-24H2,(H,25,28)(H,26,29)(H,30,31). The first-order chi connectivity index (χ1) is 14.8. The molecule has 0 radical (unpaired) electrons. The monoisotopic (exact) mass is 437 g/mol. The summed E-state index contributed by atoms with van der Waals surface area (Å²) in [5, 5.41) is 24.0. The fourth-order valence-electron chi connectivity index (χ4n) is 3.02. The molecule has 1 aromatic rings. The fraction of sp³-hybridized carbons (Fsp3) is 0.571. The van der Waals surface area contributed by atoms with E-state index in [4.69, 9.17) is 17.2 Å². The first-order valence-electron chi connectivity index (χ1n) is 10.6. The Labute approximate surface area is 182 Å². The lowest BCUT2D eigenvalue weighted by Crippen LogP contribution is -2.54. The first kappa shape index (κ1) is 26.3. The van der Waals surface area contributed by atoms with Crippen molar-refractivity contribution in [3.63, 3.8) is 0 Å². The number of amides is 2. The van der Waals surface area contributed by atoms with Crippen LogP contribution in [0.2, 0.25) is 0 Å². The van der Waals surface area contributed by atoms with Gasteiger partial charge in [-0.1, -0.05) is 18.6 Å². The van der Waals surface area contributed by atoms with Gasteiger partial charge in [-0.05, 0) is 62.9 Å². The van der Waals surface area contributed by atoms with Crippen LogP contribution in [0.15, 0.2) is 24.3 Å². The normalized spacial score (nSPS) is 13.8. The highest BCUT2D eigenvalue weighted by atomic mass is 16.4. The highest BCUT2D eigenvalue weighted by Crippen LogP contribution is 2.12. The summed E-state index contributed by atoms with van der Waals surface area (Å²) in [6, 6.07) is 3.17. The van der Waals surface area contributed by atoms with Crippen molar-refractivity contribution in [3.8, 4) is 5.75 Å². The summed E-state index contributed by atoms with van der Waals surface area (Å²) in [5.74, 6) is -2.20. The minimum Gasteiger partial charge on any atom is -0.508 e. The van der Waals surface area contributed by atoms with Gasteiger partial charge in [-0.3, -0.25) is 9.59 Å². The van der Waals surface area contributed by atoms with Gasteiger partial charge in [0, 0.05) is 6.42 Å². The van der Waals surface area contributed by atoms with Crippen LogP contribution in [0.5, 0.6) is 5.75 Å². The number of unbranched alkanes of at least 4 members (excludes halogenated alkanes) is 2. The molecule has 10 N–H and O–H groups in total. The molecule has 3 unspecified atom stereocenters. The van der Waals surface area contributed by atoms with E-state index in [2.05, 4.69) is 10.6 Å². The summed E-state index contributed by atoms with van der Waals surface area (Å²) in [4.78, 5) is 36.9. The quantitative estimate of drug-likeness (QED) is 0.180. The SMILES string of the molecule is NCCCCC(N)C(=O)NC(CCCCN)C(=O)NC(Cc1ccc(O)cc1)C(=O)O. The molecular formula is C21H35N5O5. The summed E-state index contributed by atoms with van der Waals surface area (Å²) >= 11 is 0. The zero-order chi connectivity index (χ0) is 23.2. The molecule has 2 amide bonds. The molecule has 1 aromatic carbocycles. The Kier molecular flexibility index (Phi) is 12.2. The third-order valence-corrected chi connectivity index (χ3v) is 4.88. The van der Waals surface area contributed by atoms with Gasteiger partial charge in [0.15, 0.2) is 0 Å². The van der Waals surface area contributed by atoms with Gasteiger partial charge in [-0.25, -0.2) is 4.79 Å². The lowest BCUT2D eigenvalue weighted by Gasteiger charge is -2.23. The zero-order valence-electron chi connectivity index (χ0n) is 17.8. The van der Waals surface area contributed by atoms with Crippen LogP contribution in [0, 0.1) is 0 Å². The van der Waals surface area contributed by atoms with E-state index in [9.17, 15) is 24.6 Å². The summed E-state index contributed by atoms with van der Waals surface area (Å²) in [6.45, 7) is 0.954. The van der Waals surface area contributed by atoms with E-state index in [1.165, 1.54) is 12.1 Å². The lowest BCUT2D eigenvalue weighted by atomic mass is 10.0. The van der Waals surface area contributed by atoms with E-state index < -0.39 is 35.9 Å². The molecule has 0 saturated carbocycles. The summed E-state index contributed by atoms with van der Waals surface area (Å²) < 4.78 is 0. The average molecular weight is 438 g/mol. The number of carbonyl (C=O) groups excluding carboxylic acids is 2. The number of nitrogens with one attached hydrogen (secondary N) is 2. The maximum Gasteiger partial charge on any atom is 0.326 e. The maximum absolute atomic E-state index is 12.8. The fourth-order valence-corrected chi connectivity index (χ4v) is 3.02. The molecule has 0 fully saturated rings. The van der Waals surface area contributed by atoms with Crippen LogP contribution >= 0.6 is 0 Å². The smallest absolute Gasteiger partial charge is 0.326 e. The number of carbonyl (C=O) groups is 3. The third kappa shape index (κ3) is 10.3. The van der Waals surface area contributed by atoms with Gasteiger partial charge in [0.25, 0.3) is 0 Å². The summed E-state index contributed by atoms with van der Waals surface area (Å²) in [5.41, 5.74) is 17.5. The van der Waals surface area contributed by atoms with E-state index in [-0.39, 0.29) is 12.2 Å². The molecular weight excluding hydrogens is 402 g/mol. The number of carboxylic acids is 1. The Hall–Kier alpha value is -2.69. The van der Waals surface area contributed by atoms with Gasteiger partial charge in [0.05, 0.1) is 6.04 Å².